The molecule has 1 N–H and O–H groups in total. The van der Waals surface area contributed by atoms with Crippen LogP contribution in [-0.2, 0) is 6.54 Å². The first-order chi connectivity index (χ1) is 9.26. The third-order valence-electron chi connectivity index (χ3n) is 2.75. The molecule has 0 aliphatic rings. The van der Waals surface area contributed by atoms with E-state index >= 15 is 0 Å². The SMILES string of the molecule is CN(CCNC(C)(C)C)Cc1ccc(OC(F)F)cc1. The summed E-state index contributed by atoms with van der Waals surface area (Å²) in [6.07, 6.45) is 0. The highest BCUT2D eigenvalue weighted by molar-refractivity contribution is 5.27. The van der Waals surface area contributed by atoms with Gasteiger partial charge in [0, 0.05) is 25.2 Å². The van der Waals surface area contributed by atoms with Gasteiger partial charge < -0.3 is 15.0 Å². The van der Waals surface area contributed by atoms with E-state index in [-0.39, 0.29) is 11.3 Å². The minimum absolute atomic E-state index is 0.120. The zero-order chi connectivity index (χ0) is 15.2. The molecule has 5 heteroatoms. The highest BCUT2D eigenvalue weighted by Crippen LogP contribution is 2.15. The van der Waals surface area contributed by atoms with E-state index in [2.05, 4.69) is 35.7 Å². The van der Waals surface area contributed by atoms with Crippen molar-refractivity contribution in [2.45, 2.75) is 39.5 Å². The summed E-state index contributed by atoms with van der Waals surface area (Å²) in [6.45, 7) is 6.24. The van der Waals surface area contributed by atoms with Gasteiger partial charge in [-0.25, -0.2) is 0 Å². The number of alkyl halides is 2. The molecule has 3 nitrogen and oxygen atoms in total. The van der Waals surface area contributed by atoms with Gasteiger partial charge in [0.05, 0.1) is 0 Å². The third-order valence-corrected chi connectivity index (χ3v) is 2.75. The fraction of sp³-hybridized carbons (Fsp3) is 0.600. The quantitative estimate of drug-likeness (QED) is 0.833. The molecule has 20 heavy (non-hydrogen) atoms. The van der Waals surface area contributed by atoms with Crippen molar-refractivity contribution in [3.63, 3.8) is 0 Å². The fourth-order valence-electron chi connectivity index (χ4n) is 1.79. The van der Waals surface area contributed by atoms with E-state index in [1.165, 1.54) is 0 Å². The zero-order valence-electron chi connectivity index (χ0n) is 12.6. The van der Waals surface area contributed by atoms with Crippen molar-refractivity contribution < 1.29 is 13.5 Å². The van der Waals surface area contributed by atoms with E-state index in [1.54, 1.807) is 12.1 Å². The lowest BCUT2D eigenvalue weighted by Gasteiger charge is -2.23. The Kier molecular flexibility index (Phi) is 6.36. The van der Waals surface area contributed by atoms with Crippen molar-refractivity contribution in [3.8, 4) is 5.75 Å². The van der Waals surface area contributed by atoms with Crippen LogP contribution in [0.4, 0.5) is 8.78 Å². The van der Waals surface area contributed by atoms with Crippen LogP contribution in [0.25, 0.3) is 0 Å². The molecule has 0 atom stereocenters. The van der Waals surface area contributed by atoms with E-state index in [1.807, 2.05) is 19.2 Å². The van der Waals surface area contributed by atoms with Crippen molar-refractivity contribution in [1.82, 2.24) is 10.2 Å². The molecule has 0 heterocycles. The van der Waals surface area contributed by atoms with Crippen LogP contribution in [0, 0.1) is 0 Å². The molecule has 1 aromatic carbocycles. The van der Waals surface area contributed by atoms with Gasteiger partial charge in [-0.2, -0.15) is 8.78 Å². The average molecular weight is 286 g/mol. The summed E-state index contributed by atoms with van der Waals surface area (Å²) in [5.41, 5.74) is 1.19. The predicted molar refractivity (Wildman–Crippen MR) is 77.2 cm³/mol. The second-order valence-electron chi connectivity index (χ2n) is 5.94. The molecular formula is C15H24F2N2O. The van der Waals surface area contributed by atoms with Gasteiger partial charge in [0.15, 0.2) is 0 Å². The molecule has 0 bridgehead atoms. The molecule has 0 aliphatic heterocycles. The lowest BCUT2D eigenvalue weighted by molar-refractivity contribution is -0.0498. The first-order valence-electron chi connectivity index (χ1n) is 6.73. The monoisotopic (exact) mass is 286 g/mol. The maximum Gasteiger partial charge on any atom is 0.387 e. The van der Waals surface area contributed by atoms with Gasteiger partial charge in [0.1, 0.15) is 5.75 Å². The first-order valence-corrected chi connectivity index (χ1v) is 6.73. The first kappa shape index (κ1) is 16.9. The number of halogens is 2. The largest absolute Gasteiger partial charge is 0.435 e. The van der Waals surface area contributed by atoms with Crippen LogP contribution in [0.3, 0.4) is 0 Å². The molecule has 0 saturated carbocycles. The Hall–Kier alpha value is -1.20. The molecule has 0 amide bonds. The predicted octanol–water partition coefficient (Wildman–Crippen LogP) is 3.11. The number of likely N-dealkylation sites (N-methyl/N-ethyl adjacent to an activating group) is 1. The average Bonchev–Trinajstić information content (AvgIpc) is 2.29. The Labute approximate surface area is 119 Å². The molecule has 0 unspecified atom stereocenters. The number of benzene rings is 1. The van der Waals surface area contributed by atoms with Crippen LogP contribution < -0.4 is 10.1 Å². The van der Waals surface area contributed by atoms with Crippen LogP contribution in [0.2, 0.25) is 0 Å². The Morgan fingerprint density at radius 2 is 1.80 bits per heavy atom. The third kappa shape index (κ3) is 7.40. The second-order valence-corrected chi connectivity index (χ2v) is 5.94. The normalized spacial score (nSPS) is 12.2. The van der Waals surface area contributed by atoms with Crippen LogP contribution in [0.1, 0.15) is 26.3 Å². The number of hydrogen-bond donors (Lipinski definition) is 1. The van der Waals surface area contributed by atoms with E-state index in [4.69, 9.17) is 0 Å². The van der Waals surface area contributed by atoms with Gasteiger partial charge in [0.25, 0.3) is 0 Å². The van der Waals surface area contributed by atoms with Crippen LogP contribution in [0.15, 0.2) is 24.3 Å². The molecular weight excluding hydrogens is 262 g/mol. The Morgan fingerprint density at radius 3 is 2.30 bits per heavy atom. The maximum atomic E-state index is 12.0. The standard InChI is InChI=1S/C15H24F2N2O/c1-15(2,3)18-9-10-19(4)11-12-5-7-13(8-6-12)20-14(16)17/h5-8,14,18H,9-11H2,1-4H3. The molecule has 0 saturated heterocycles. The fourth-order valence-corrected chi connectivity index (χ4v) is 1.79. The minimum atomic E-state index is -2.77. The summed E-state index contributed by atoms with van der Waals surface area (Å²) in [4.78, 5) is 2.18. The number of ether oxygens (including phenoxy) is 1. The highest BCUT2D eigenvalue weighted by Gasteiger charge is 2.09. The van der Waals surface area contributed by atoms with Crippen molar-refractivity contribution >= 4 is 0 Å². The van der Waals surface area contributed by atoms with E-state index in [9.17, 15) is 8.78 Å². The number of nitrogens with one attached hydrogen (secondary N) is 1. The Balaban J connectivity index is 2.36. The number of rotatable bonds is 7. The van der Waals surface area contributed by atoms with Crippen LogP contribution >= 0.6 is 0 Å². The zero-order valence-corrected chi connectivity index (χ0v) is 12.6. The highest BCUT2D eigenvalue weighted by atomic mass is 19.3. The maximum absolute atomic E-state index is 12.0. The molecule has 0 aromatic heterocycles. The summed E-state index contributed by atoms with van der Waals surface area (Å²) in [5, 5.41) is 3.42. The second kappa shape index (κ2) is 7.55. The van der Waals surface area contributed by atoms with Crippen molar-refractivity contribution in [3.05, 3.63) is 29.8 Å². The van der Waals surface area contributed by atoms with Crippen molar-refractivity contribution in [2.24, 2.45) is 0 Å². The molecule has 0 fully saturated rings. The van der Waals surface area contributed by atoms with Crippen LogP contribution in [0.5, 0.6) is 5.75 Å². The summed E-state index contributed by atoms with van der Waals surface area (Å²) >= 11 is 0. The Bertz CT molecular complexity index is 388. The summed E-state index contributed by atoms with van der Waals surface area (Å²) in [6, 6.07) is 6.77. The molecule has 1 rings (SSSR count). The topological polar surface area (TPSA) is 24.5 Å². The number of hydrogen-bond acceptors (Lipinski definition) is 3. The Morgan fingerprint density at radius 1 is 1.20 bits per heavy atom. The molecule has 0 aliphatic carbocycles. The van der Waals surface area contributed by atoms with E-state index in [0.717, 1.165) is 25.2 Å². The van der Waals surface area contributed by atoms with Gasteiger partial charge in [-0.15, -0.1) is 0 Å². The van der Waals surface area contributed by atoms with Crippen LogP contribution in [-0.4, -0.2) is 37.2 Å². The van der Waals surface area contributed by atoms with Gasteiger partial charge in [-0.1, -0.05) is 12.1 Å². The lowest BCUT2D eigenvalue weighted by atomic mass is 10.1. The summed E-state index contributed by atoms with van der Waals surface area (Å²) in [5.74, 6) is 0.195. The van der Waals surface area contributed by atoms with Crippen molar-refractivity contribution in [2.75, 3.05) is 20.1 Å². The van der Waals surface area contributed by atoms with E-state index in [0.29, 0.717) is 0 Å². The molecule has 1 aromatic rings. The summed E-state index contributed by atoms with van der Waals surface area (Å²) in [7, 11) is 2.04. The van der Waals surface area contributed by atoms with Gasteiger partial charge >= 0.3 is 6.61 Å². The van der Waals surface area contributed by atoms with Gasteiger partial charge in [-0.3, -0.25) is 0 Å². The number of nitrogens with zero attached hydrogens (tertiary/aromatic N) is 1. The van der Waals surface area contributed by atoms with Gasteiger partial charge in [0.2, 0.25) is 0 Å². The smallest absolute Gasteiger partial charge is 0.387 e. The molecule has 114 valence electrons. The van der Waals surface area contributed by atoms with Gasteiger partial charge in [-0.05, 0) is 45.5 Å². The molecule has 0 radical (unpaired) electrons. The van der Waals surface area contributed by atoms with Crippen molar-refractivity contribution in [1.29, 1.82) is 0 Å². The summed E-state index contributed by atoms with van der Waals surface area (Å²) < 4.78 is 28.4. The van der Waals surface area contributed by atoms with E-state index < -0.39 is 6.61 Å². The minimum Gasteiger partial charge on any atom is -0.435 e. The molecule has 0 spiro atoms. The lowest BCUT2D eigenvalue weighted by Crippen LogP contribution is -2.40.